The van der Waals surface area contributed by atoms with Gasteiger partial charge in [0.2, 0.25) is 0 Å². The molecular formula is C25H29NO6. The Balaban J connectivity index is 1.73. The summed E-state index contributed by atoms with van der Waals surface area (Å²) in [4.78, 5) is 37.1. The van der Waals surface area contributed by atoms with E-state index >= 15 is 0 Å². The highest BCUT2D eigenvalue weighted by Crippen LogP contribution is 2.31. The Bertz CT molecular complexity index is 990. The van der Waals surface area contributed by atoms with Crippen molar-refractivity contribution in [2.45, 2.75) is 44.6 Å². The SMILES string of the molecule is COC(=O)C1(NC(=O)c2ccc(OC)c(OCCc3cccc(C)c3)c2)CCC(=O)CC1. The summed E-state index contributed by atoms with van der Waals surface area (Å²) < 4.78 is 16.2. The predicted octanol–water partition coefficient (Wildman–Crippen LogP) is 3.41. The molecule has 0 heterocycles. The van der Waals surface area contributed by atoms with E-state index in [4.69, 9.17) is 14.2 Å². The van der Waals surface area contributed by atoms with Crippen LogP contribution in [0.1, 0.15) is 47.2 Å². The number of hydrogen-bond acceptors (Lipinski definition) is 6. The van der Waals surface area contributed by atoms with Crippen molar-refractivity contribution in [3.8, 4) is 11.5 Å². The monoisotopic (exact) mass is 439 g/mol. The summed E-state index contributed by atoms with van der Waals surface area (Å²) in [7, 11) is 2.81. The van der Waals surface area contributed by atoms with Crippen LogP contribution in [0.25, 0.3) is 0 Å². The van der Waals surface area contributed by atoms with Crippen molar-refractivity contribution < 1.29 is 28.6 Å². The molecule has 7 nitrogen and oxygen atoms in total. The number of rotatable bonds is 8. The van der Waals surface area contributed by atoms with Crippen molar-refractivity contribution in [3.05, 3.63) is 59.2 Å². The van der Waals surface area contributed by atoms with E-state index in [-0.39, 0.29) is 31.5 Å². The molecular weight excluding hydrogens is 410 g/mol. The quantitative estimate of drug-likeness (QED) is 0.634. The number of methoxy groups -OCH3 is 2. The van der Waals surface area contributed by atoms with E-state index in [1.807, 2.05) is 25.1 Å². The highest BCUT2D eigenvalue weighted by molar-refractivity contribution is 5.99. The summed E-state index contributed by atoms with van der Waals surface area (Å²) >= 11 is 0. The van der Waals surface area contributed by atoms with Gasteiger partial charge in [-0.15, -0.1) is 0 Å². The van der Waals surface area contributed by atoms with Gasteiger partial charge in [0, 0.05) is 24.8 Å². The Morgan fingerprint density at radius 1 is 1.03 bits per heavy atom. The number of benzene rings is 2. The normalized spacial score (nSPS) is 15.0. The van der Waals surface area contributed by atoms with Crippen LogP contribution in [0.4, 0.5) is 0 Å². The minimum atomic E-state index is -1.20. The number of nitrogens with one attached hydrogen (secondary N) is 1. The fourth-order valence-electron chi connectivity index (χ4n) is 3.90. The Labute approximate surface area is 188 Å². The molecule has 32 heavy (non-hydrogen) atoms. The zero-order valence-corrected chi connectivity index (χ0v) is 18.7. The van der Waals surface area contributed by atoms with Crippen LogP contribution in [0.2, 0.25) is 0 Å². The first-order valence-electron chi connectivity index (χ1n) is 10.7. The number of esters is 1. The fraction of sp³-hybridized carbons (Fsp3) is 0.400. The van der Waals surface area contributed by atoms with Crippen LogP contribution >= 0.6 is 0 Å². The van der Waals surface area contributed by atoms with Gasteiger partial charge in [-0.2, -0.15) is 0 Å². The summed E-state index contributed by atoms with van der Waals surface area (Å²) in [6, 6.07) is 13.1. The van der Waals surface area contributed by atoms with Crippen LogP contribution in [-0.2, 0) is 20.7 Å². The zero-order chi connectivity index (χ0) is 23.1. The van der Waals surface area contributed by atoms with E-state index in [0.717, 1.165) is 5.56 Å². The van der Waals surface area contributed by atoms with Crippen molar-refractivity contribution in [3.63, 3.8) is 0 Å². The summed E-state index contributed by atoms with van der Waals surface area (Å²) in [5, 5.41) is 2.81. The molecule has 0 atom stereocenters. The molecule has 7 heteroatoms. The van der Waals surface area contributed by atoms with E-state index in [2.05, 4.69) is 11.4 Å². The second-order valence-electron chi connectivity index (χ2n) is 8.02. The maximum atomic E-state index is 13.0. The van der Waals surface area contributed by atoms with Gasteiger partial charge in [0.15, 0.2) is 11.5 Å². The Kier molecular flexibility index (Phi) is 7.51. The summed E-state index contributed by atoms with van der Waals surface area (Å²) in [5.41, 5.74) is 1.47. The smallest absolute Gasteiger partial charge is 0.331 e. The van der Waals surface area contributed by atoms with E-state index < -0.39 is 17.4 Å². The number of aryl methyl sites for hydroxylation is 1. The fourth-order valence-corrected chi connectivity index (χ4v) is 3.90. The van der Waals surface area contributed by atoms with Gasteiger partial charge >= 0.3 is 5.97 Å². The molecule has 0 aliphatic heterocycles. The molecule has 1 aliphatic carbocycles. The van der Waals surface area contributed by atoms with Gasteiger partial charge in [0.25, 0.3) is 5.91 Å². The second-order valence-corrected chi connectivity index (χ2v) is 8.02. The second kappa shape index (κ2) is 10.3. The molecule has 2 aromatic rings. The van der Waals surface area contributed by atoms with Gasteiger partial charge in [0.1, 0.15) is 11.3 Å². The summed E-state index contributed by atoms with van der Waals surface area (Å²) in [6.45, 7) is 2.46. The van der Waals surface area contributed by atoms with Crippen molar-refractivity contribution in [1.29, 1.82) is 0 Å². The molecule has 0 bridgehead atoms. The lowest BCUT2D eigenvalue weighted by Crippen LogP contribution is -2.57. The molecule has 170 valence electrons. The average Bonchev–Trinajstić information content (AvgIpc) is 2.80. The summed E-state index contributed by atoms with van der Waals surface area (Å²) in [5.74, 6) is 0.0560. The molecule has 1 N–H and O–H groups in total. The highest BCUT2D eigenvalue weighted by atomic mass is 16.5. The first kappa shape index (κ1) is 23.3. The number of ether oxygens (including phenoxy) is 3. The third kappa shape index (κ3) is 5.46. The van der Waals surface area contributed by atoms with Crippen LogP contribution in [0.15, 0.2) is 42.5 Å². The molecule has 1 fully saturated rings. The van der Waals surface area contributed by atoms with E-state index in [1.54, 1.807) is 18.2 Å². The molecule has 1 amide bonds. The number of carbonyl (C=O) groups excluding carboxylic acids is 3. The molecule has 1 aliphatic rings. The molecule has 0 spiro atoms. The highest BCUT2D eigenvalue weighted by Gasteiger charge is 2.44. The number of ketones is 1. The molecule has 0 aromatic heterocycles. The largest absolute Gasteiger partial charge is 0.493 e. The Hall–Kier alpha value is -3.35. The average molecular weight is 440 g/mol. The number of Topliss-reactive ketones (excluding diaryl/α,β-unsaturated/α-hetero) is 1. The third-order valence-corrected chi connectivity index (χ3v) is 5.75. The minimum absolute atomic E-state index is 0.0764. The standard InChI is InChI=1S/C25H29NO6/c1-17-5-4-6-18(15-17)11-14-32-22-16-19(7-8-21(22)30-2)23(28)26-25(24(29)31-3)12-9-20(27)10-13-25/h4-8,15-16H,9-14H2,1-3H3,(H,26,28). The van der Waals surface area contributed by atoms with Gasteiger partial charge in [-0.05, 0) is 43.5 Å². The first-order valence-corrected chi connectivity index (χ1v) is 10.7. The van der Waals surface area contributed by atoms with Crippen LogP contribution in [0.5, 0.6) is 11.5 Å². The maximum absolute atomic E-state index is 13.0. The van der Waals surface area contributed by atoms with Gasteiger partial charge in [-0.1, -0.05) is 29.8 Å². The van der Waals surface area contributed by atoms with Crippen molar-refractivity contribution in [1.82, 2.24) is 5.32 Å². The van der Waals surface area contributed by atoms with Gasteiger partial charge in [-0.25, -0.2) is 4.79 Å². The van der Waals surface area contributed by atoms with Gasteiger partial charge in [0.05, 0.1) is 20.8 Å². The van der Waals surface area contributed by atoms with Crippen LogP contribution in [0, 0.1) is 6.92 Å². The van der Waals surface area contributed by atoms with Gasteiger partial charge < -0.3 is 19.5 Å². The number of amides is 1. The molecule has 3 rings (SSSR count). The van der Waals surface area contributed by atoms with Crippen LogP contribution < -0.4 is 14.8 Å². The lowest BCUT2D eigenvalue weighted by molar-refractivity contribution is -0.150. The summed E-state index contributed by atoms with van der Waals surface area (Å²) in [6.07, 6.45) is 1.61. The zero-order valence-electron chi connectivity index (χ0n) is 18.7. The minimum Gasteiger partial charge on any atom is -0.493 e. The predicted molar refractivity (Wildman–Crippen MR) is 119 cm³/mol. The molecule has 0 radical (unpaired) electrons. The van der Waals surface area contributed by atoms with E-state index in [0.29, 0.717) is 30.1 Å². The first-order chi connectivity index (χ1) is 15.4. The molecule has 1 saturated carbocycles. The van der Waals surface area contributed by atoms with E-state index in [9.17, 15) is 14.4 Å². The van der Waals surface area contributed by atoms with Gasteiger partial charge in [-0.3, -0.25) is 9.59 Å². The Morgan fingerprint density at radius 2 is 1.78 bits per heavy atom. The molecule has 0 saturated heterocycles. The van der Waals surface area contributed by atoms with Crippen LogP contribution in [0.3, 0.4) is 0 Å². The lowest BCUT2D eigenvalue weighted by atomic mass is 9.80. The van der Waals surface area contributed by atoms with E-state index in [1.165, 1.54) is 19.8 Å². The van der Waals surface area contributed by atoms with Crippen molar-refractivity contribution in [2.75, 3.05) is 20.8 Å². The van der Waals surface area contributed by atoms with Crippen molar-refractivity contribution >= 4 is 17.7 Å². The van der Waals surface area contributed by atoms with Crippen molar-refractivity contribution in [2.24, 2.45) is 0 Å². The number of carbonyl (C=O) groups is 3. The third-order valence-electron chi connectivity index (χ3n) is 5.75. The Morgan fingerprint density at radius 3 is 2.44 bits per heavy atom. The maximum Gasteiger partial charge on any atom is 0.331 e. The topological polar surface area (TPSA) is 90.9 Å². The van der Waals surface area contributed by atoms with Crippen LogP contribution in [-0.4, -0.2) is 44.0 Å². The lowest BCUT2D eigenvalue weighted by Gasteiger charge is -2.34. The number of hydrogen-bond donors (Lipinski definition) is 1. The molecule has 2 aromatic carbocycles. The molecule has 0 unspecified atom stereocenters.